The molecule has 1 fully saturated rings. The molecule has 0 atom stereocenters. The van der Waals surface area contributed by atoms with Crippen molar-refractivity contribution in [2.24, 2.45) is 5.41 Å². The third-order valence-electron chi connectivity index (χ3n) is 3.54. The van der Waals surface area contributed by atoms with Gasteiger partial charge in [0.15, 0.2) is 5.75 Å². The van der Waals surface area contributed by atoms with Gasteiger partial charge in [-0.05, 0) is 24.7 Å². The van der Waals surface area contributed by atoms with Gasteiger partial charge in [0.25, 0.3) is 0 Å². The van der Waals surface area contributed by atoms with Crippen molar-refractivity contribution in [2.45, 2.75) is 33.1 Å². The maximum Gasteiger partial charge on any atom is 0.227 e. The van der Waals surface area contributed by atoms with Crippen molar-refractivity contribution < 1.29 is 8.42 Å². The fourth-order valence-corrected chi connectivity index (χ4v) is 3.32. The summed E-state index contributed by atoms with van der Waals surface area (Å²) in [5, 5.41) is 8.45. The van der Waals surface area contributed by atoms with E-state index in [0.717, 1.165) is 19.3 Å². The molecule has 5 heteroatoms. The summed E-state index contributed by atoms with van der Waals surface area (Å²) in [4.78, 5) is 0. The zero-order valence-electron chi connectivity index (χ0n) is 9.36. The van der Waals surface area contributed by atoms with E-state index in [2.05, 4.69) is 13.8 Å². The van der Waals surface area contributed by atoms with Crippen LogP contribution in [0.1, 0.15) is 33.1 Å². The molecule has 0 bridgehead atoms. The van der Waals surface area contributed by atoms with Crippen LogP contribution in [0.25, 0.3) is 0 Å². The molecule has 1 rings (SSSR count). The summed E-state index contributed by atoms with van der Waals surface area (Å²) in [5.41, 5.74) is 0.141. The van der Waals surface area contributed by atoms with Crippen LogP contribution in [0.3, 0.4) is 0 Å². The summed E-state index contributed by atoms with van der Waals surface area (Å²) in [6.45, 7) is 5.36. The molecule has 15 heavy (non-hydrogen) atoms. The highest BCUT2D eigenvalue weighted by Crippen LogP contribution is 2.37. The highest BCUT2D eigenvalue weighted by atomic mass is 32.2. The molecular weight excluding hydrogens is 212 g/mol. The molecule has 0 radical (unpaired) electrons. The van der Waals surface area contributed by atoms with Gasteiger partial charge in [-0.3, -0.25) is 0 Å². The third kappa shape index (κ3) is 2.50. The minimum atomic E-state index is -3.33. The minimum Gasteiger partial charge on any atom is -0.211 e. The van der Waals surface area contributed by atoms with Crippen LogP contribution in [0.5, 0.6) is 0 Å². The Bertz CT molecular complexity index is 352. The van der Waals surface area contributed by atoms with Crippen LogP contribution >= 0.6 is 0 Å². The van der Waals surface area contributed by atoms with Gasteiger partial charge in [0.2, 0.25) is 10.0 Å². The zero-order chi connectivity index (χ0) is 11.5. The lowest BCUT2D eigenvalue weighted by molar-refractivity contribution is 0.280. The van der Waals surface area contributed by atoms with E-state index in [-0.39, 0.29) is 5.41 Å². The molecule has 0 unspecified atom stereocenters. The first-order valence-corrected chi connectivity index (χ1v) is 6.95. The molecule has 0 N–H and O–H groups in total. The van der Waals surface area contributed by atoms with Gasteiger partial charge in [0.05, 0.1) is 6.07 Å². The third-order valence-corrected chi connectivity index (χ3v) is 5.14. The van der Waals surface area contributed by atoms with E-state index in [1.807, 2.05) is 0 Å². The van der Waals surface area contributed by atoms with Gasteiger partial charge in [-0.2, -0.15) is 5.26 Å². The Hall–Kier alpha value is -0.600. The standard InChI is InChI=1S/C10H18N2O2S/c1-3-10(4-2)5-7-12(9-10)15(13,14)8-6-11/h3-5,7-9H2,1-2H3. The molecular formula is C10H18N2O2S. The second-order valence-electron chi connectivity index (χ2n) is 4.20. The smallest absolute Gasteiger partial charge is 0.211 e. The van der Waals surface area contributed by atoms with Gasteiger partial charge in [-0.15, -0.1) is 0 Å². The molecule has 0 spiro atoms. The van der Waals surface area contributed by atoms with Crippen molar-refractivity contribution in [1.29, 1.82) is 5.26 Å². The van der Waals surface area contributed by atoms with E-state index < -0.39 is 15.8 Å². The van der Waals surface area contributed by atoms with Crippen LogP contribution in [-0.4, -0.2) is 31.6 Å². The fourth-order valence-electron chi connectivity index (χ4n) is 2.13. The molecule has 1 saturated heterocycles. The lowest BCUT2D eigenvalue weighted by Gasteiger charge is -2.25. The zero-order valence-corrected chi connectivity index (χ0v) is 10.2. The molecule has 1 aliphatic rings. The van der Waals surface area contributed by atoms with Gasteiger partial charge in [0.1, 0.15) is 0 Å². The van der Waals surface area contributed by atoms with Crippen LogP contribution in [0.4, 0.5) is 0 Å². The summed E-state index contributed by atoms with van der Waals surface area (Å²) in [7, 11) is -3.33. The Labute approximate surface area is 91.9 Å². The van der Waals surface area contributed by atoms with Gasteiger partial charge in [0, 0.05) is 13.1 Å². The highest BCUT2D eigenvalue weighted by Gasteiger charge is 2.39. The van der Waals surface area contributed by atoms with Crippen molar-refractivity contribution in [3.63, 3.8) is 0 Å². The summed E-state index contributed by atoms with van der Waals surface area (Å²) in [6, 6.07) is 1.72. The fraction of sp³-hybridized carbons (Fsp3) is 0.900. The Morgan fingerprint density at radius 3 is 2.40 bits per heavy atom. The second kappa shape index (κ2) is 4.50. The molecule has 86 valence electrons. The maximum absolute atomic E-state index is 11.7. The van der Waals surface area contributed by atoms with Crippen LogP contribution in [-0.2, 0) is 10.0 Å². The molecule has 4 nitrogen and oxygen atoms in total. The topological polar surface area (TPSA) is 61.2 Å². The molecule has 0 aliphatic carbocycles. The number of hydrogen-bond donors (Lipinski definition) is 0. The second-order valence-corrected chi connectivity index (χ2v) is 6.17. The first-order chi connectivity index (χ1) is 6.99. The molecule has 0 aromatic heterocycles. The average molecular weight is 230 g/mol. The van der Waals surface area contributed by atoms with Crippen molar-refractivity contribution in [3.05, 3.63) is 0 Å². The van der Waals surface area contributed by atoms with Crippen molar-refractivity contribution in [1.82, 2.24) is 4.31 Å². The van der Waals surface area contributed by atoms with Gasteiger partial charge >= 0.3 is 0 Å². The van der Waals surface area contributed by atoms with E-state index in [1.54, 1.807) is 6.07 Å². The Morgan fingerprint density at radius 1 is 1.40 bits per heavy atom. The van der Waals surface area contributed by atoms with Crippen LogP contribution in [0, 0.1) is 16.7 Å². The lowest BCUT2D eigenvalue weighted by Crippen LogP contribution is -2.33. The SMILES string of the molecule is CCC1(CC)CCN(S(=O)(=O)CC#N)C1. The largest absolute Gasteiger partial charge is 0.227 e. The first kappa shape index (κ1) is 12.5. The van der Waals surface area contributed by atoms with E-state index in [9.17, 15) is 8.42 Å². The Kier molecular flexibility index (Phi) is 3.74. The normalized spacial score (nSPS) is 21.4. The monoisotopic (exact) mass is 230 g/mol. The summed E-state index contributed by atoms with van der Waals surface area (Å²) in [5.74, 6) is -0.392. The summed E-state index contributed by atoms with van der Waals surface area (Å²) >= 11 is 0. The molecule has 0 saturated carbocycles. The number of nitrogens with zero attached hydrogens (tertiary/aromatic N) is 2. The molecule has 1 heterocycles. The number of hydrogen-bond acceptors (Lipinski definition) is 3. The van der Waals surface area contributed by atoms with Crippen molar-refractivity contribution in [2.75, 3.05) is 18.8 Å². The molecule has 0 aromatic rings. The number of sulfonamides is 1. The minimum absolute atomic E-state index is 0.141. The van der Waals surface area contributed by atoms with Gasteiger partial charge < -0.3 is 0 Å². The van der Waals surface area contributed by atoms with Crippen LogP contribution < -0.4 is 0 Å². The number of rotatable bonds is 4. The first-order valence-electron chi connectivity index (χ1n) is 5.34. The number of nitriles is 1. The van der Waals surface area contributed by atoms with E-state index in [0.29, 0.717) is 13.1 Å². The van der Waals surface area contributed by atoms with Crippen LogP contribution in [0.2, 0.25) is 0 Å². The van der Waals surface area contributed by atoms with Crippen molar-refractivity contribution >= 4 is 10.0 Å². The predicted octanol–water partition coefficient (Wildman–Crippen LogP) is 1.35. The Balaban J connectivity index is 2.76. The van der Waals surface area contributed by atoms with Gasteiger partial charge in [-0.1, -0.05) is 13.8 Å². The van der Waals surface area contributed by atoms with E-state index in [4.69, 9.17) is 5.26 Å². The summed E-state index contributed by atoms with van der Waals surface area (Å²) in [6.07, 6.45) is 2.93. The van der Waals surface area contributed by atoms with Gasteiger partial charge in [-0.25, -0.2) is 12.7 Å². The predicted molar refractivity (Wildman–Crippen MR) is 58.6 cm³/mol. The average Bonchev–Trinajstić information content (AvgIpc) is 2.63. The Morgan fingerprint density at radius 2 is 2.00 bits per heavy atom. The molecule has 1 aliphatic heterocycles. The molecule has 0 amide bonds. The summed E-state index contributed by atoms with van der Waals surface area (Å²) < 4.78 is 24.8. The van der Waals surface area contributed by atoms with E-state index in [1.165, 1.54) is 4.31 Å². The van der Waals surface area contributed by atoms with Crippen LogP contribution in [0.15, 0.2) is 0 Å². The molecule has 0 aromatic carbocycles. The maximum atomic E-state index is 11.7. The van der Waals surface area contributed by atoms with Crippen molar-refractivity contribution in [3.8, 4) is 6.07 Å². The van der Waals surface area contributed by atoms with E-state index >= 15 is 0 Å². The highest BCUT2D eigenvalue weighted by molar-refractivity contribution is 7.89. The lowest BCUT2D eigenvalue weighted by atomic mass is 9.82. The quantitative estimate of drug-likeness (QED) is 0.732.